The van der Waals surface area contributed by atoms with E-state index < -0.39 is 0 Å². The Bertz CT molecular complexity index is 886. The molecule has 0 saturated carbocycles. The third-order valence-corrected chi connectivity index (χ3v) is 6.15. The number of hydrogen-bond donors (Lipinski definition) is 0. The number of rotatable bonds is 9. The minimum absolute atomic E-state index is 0.0855. The van der Waals surface area contributed by atoms with Crippen molar-refractivity contribution in [1.29, 1.82) is 0 Å². The predicted octanol–water partition coefficient (Wildman–Crippen LogP) is 3.81. The molecule has 174 valence electrons. The molecule has 2 aromatic carbocycles. The van der Waals surface area contributed by atoms with Gasteiger partial charge in [0.1, 0.15) is 5.82 Å². The fourth-order valence-electron chi connectivity index (χ4n) is 4.43. The van der Waals surface area contributed by atoms with Gasteiger partial charge in [-0.15, -0.1) is 0 Å². The summed E-state index contributed by atoms with van der Waals surface area (Å²) >= 11 is 0. The molecule has 1 heterocycles. The molecule has 0 aliphatic carbocycles. The first-order valence-electron chi connectivity index (χ1n) is 11.5. The molecule has 3 rings (SSSR count). The highest BCUT2D eigenvalue weighted by Crippen LogP contribution is 2.24. The van der Waals surface area contributed by atoms with Gasteiger partial charge >= 0.3 is 0 Å². The summed E-state index contributed by atoms with van der Waals surface area (Å²) in [5.41, 5.74) is 2.43. The van der Waals surface area contributed by atoms with Crippen LogP contribution in [0.1, 0.15) is 28.8 Å². The molecule has 0 unspecified atom stereocenters. The van der Waals surface area contributed by atoms with Crippen LogP contribution in [0.3, 0.4) is 0 Å². The van der Waals surface area contributed by atoms with Crippen molar-refractivity contribution in [3.8, 4) is 0 Å². The zero-order valence-electron chi connectivity index (χ0n) is 19.9. The van der Waals surface area contributed by atoms with E-state index in [1.54, 1.807) is 6.07 Å². The van der Waals surface area contributed by atoms with Gasteiger partial charge in [0.2, 0.25) is 0 Å². The average molecular weight is 441 g/mol. The van der Waals surface area contributed by atoms with E-state index in [0.717, 1.165) is 55.8 Å². The van der Waals surface area contributed by atoms with Gasteiger partial charge in [-0.1, -0.05) is 30.3 Å². The Morgan fingerprint density at radius 3 is 2.47 bits per heavy atom. The minimum atomic E-state index is -0.141. The molecule has 2 aromatic rings. The molecule has 0 spiro atoms. The van der Waals surface area contributed by atoms with Gasteiger partial charge in [0.25, 0.3) is 5.91 Å². The Morgan fingerprint density at radius 2 is 1.75 bits per heavy atom. The number of likely N-dealkylation sites (tertiary alicyclic amines) is 1. The van der Waals surface area contributed by atoms with E-state index >= 15 is 0 Å². The number of nitrogens with zero attached hydrogens (tertiary/aromatic N) is 4. The van der Waals surface area contributed by atoms with Gasteiger partial charge in [-0.05, 0) is 57.6 Å². The topological polar surface area (TPSA) is 30.0 Å². The summed E-state index contributed by atoms with van der Waals surface area (Å²) in [7, 11) is 8.01. The van der Waals surface area contributed by atoms with Crippen molar-refractivity contribution in [3.05, 3.63) is 65.5 Å². The fraction of sp³-hybridized carbons (Fsp3) is 0.500. The second-order valence-electron chi connectivity index (χ2n) is 9.30. The number of likely N-dealkylation sites (N-methyl/N-ethyl adjacent to an activating group) is 1. The van der Waals surface area contributed by atoms with Crippen LogP contribution in [-0.4, -0.2) is 81.5 Å². The average Bonchev–Trinajstić information content (AvgIpc) is 2.78. The van der Waals surface area contributed by atoms with Crippen molar-refractivity contribution in [2.24, 2.45) is 5.92 Å². The van der Waals surface area contributed by atoms with Crippen LogP contribution in [-0.2, 0) is 6.54 Å². The second-order valence-corrected chi connectivity index (χ2v) is 9.30. The number of carbonyl (C=O) groups is 1. The summed E-state index contributed by atoms with van der Waals surface area (Å²) in [5, 5.41) is 0. The summed E-state index contributed by atoms with van der Waals surface area (Å²) in [6, 6.07) is 14.8. The number of piperidine rings is 1. The van der Waals surface area contributed by atoms with Gasteiger partial charge in [-0.3, -0.25) is 9.69 Å². The van der Waals surface area contributed by atoms with Gasteiger partial charge in [0, 0.05) is 58.1 Å². The van der Waals surface area contributed by atoms with Crippen molar-refractivity contribution in [1.82, 2.24) is 14.7 Å². The molecule has 0 N–H and O–H groups in total. The maximum atomic E-state index is 14.1. The third kappa shape index (κ3) is 6.53. The molecular weight excluding hydrogens is 403 g/mol. The van der Waals surface area contributed by atoms with Crippen LogP contribution in [0.2, 0.25) is 0 Å². The van der Waals surface area contributed by atoms with Crippen molar-refractivity contribution in [2.45, 2.75) is 19.4 Å². The van der Waals surface area contributed by atoms with Crippen LogP contribution in [0.25, 0.3) is 0 Å². The van der Waals surface area contributed by atoms with Gasteiger partial charge < -0.3 is 14.7 Å². The molecule has 1 atom stereocenters. The van der Waals surface area contributed by atoms with Crippen LogP contribution >= 0.6 is 0 Å². The number of amides is 1. The first kappa shape index (κ1) is 24.2. The summed E-state index contributed by atoms with van der Waals surface area (Å²) in [5.74, 6) is 0.327. The Labute approximate surface area is 192 Å². The molecule has 0 aromatic heterocycles. The van der Waals surface area contributed by atoms with Gasteiger partial charge in [0.15, 0.2) is 0 Å². The Balaban J connectivity index is 1.72. The number of carbonyl (C=O) groups excluding carboxylic acids is 1. The SMILES string of the molecule is CN(C)CCN(C[C@@H]1CCCN(Cc2ccccc2F)C1)C(=O)c1ccccc1N(C)C. The molecule has 1 fully saturated rings. The summed E-state index contributed by atoms with van der Waals surface area (Å²) in [6.45, 7) is 4.72. The quantitative estimate of drug-likeness (QED) is 0.593. The molecule has 1 saturated heterocycles. The molecule has 1 aliphatic heterocycles. The number of halogens is 1. The predicted molar refractivity (Wildman–Crippen MR) is 130 cm³/mol. The van der Waals surface area contributed by atoms with Gasteiger partial charge in [0.05, 0.1) is 5.56 Å². The van der Waals surface area contributed by atoms with E-state index in [4.69, 9.17) is 0 Å². The van der Waals surface area contributed by atoms with Crippen LogP contribution in [0.4, 0.5) is 10.1 Å². The highest BCUT2D eigenvalue weighted by molar-refractivity contribution is 5.99. The monoisotopic (exact) mass is 440 g/mol. The number of benzene rings is 2. The fourth-order valence-corrected chi connectivity index (χ4v) is 4.43. The molecule has 32 heavy (non-hydrogen) atoms. The standard InChI is InChI=1S/C26H37FN4O/c1-28(2)16-17-31(26(32)23-12-6-8-14-25(23)29(3)4)19-21-10-9-15-30(18-21)20-22-11-5-7-13-24(22)27/h5-8,11-14,21H,9-10,15-20H2,1-4H3/t21-/m1/s1. The Morgan fingerprint density at radius 1 is 1.03 bits per heavy atom. The number of para-hydroxylation sites is 1. The van der Waals surface area contributed by atoms with E-state index in [9.17, 15) is 9.18 Å². The van der Waals surface area contributed by atoms with Crippen molar-refractivity contribution in [3.63, 3.8) is 0 Å². The lowest BCUT2D eigenvalue weighted by molar-refractivity contribution is 0.0660. The van der Waals surface area contributed by atoms with E-state index in [1.165, 1.54) is 6.07 Å². The first-order chi connectivity index (χ1) is 15.3. The lowest BCUT2D eigenvalue weighted by atomic mass is 9.96. The largest absolute Gasteiger partial charge is 0.377 e. The molecule has 1 amide bonds. The first-order valence-corrected chi connectivity index (χ1v) is 11.5. The number of hydrogen-bond acceptors (Lipinski definition) is 4. The van der Waals surface area contributed by atoms with E-state index in [1.807, 2.05) is 74.4 Å². The lowest BCUT2D eigenvalue weighted by Gasteiger charge is -2.36. The van der Waals surface area contributed by atoms with Crippen LogP contribution < -0.4 is 4.90 Å². The summed E-state index contributed by atoms with van der Waals surface area (Å²) < 4.78 is 14.1. The van der Waals surface area contributed by atoms with Crippen molar-refractivity contribution < 1.29 is 9.18 Å². The lowest BCUT2D eigenvalue weighted by Crippen LogP contribution is -2.44. The van der Waals surface area contributed by atoms with Crippen LogP contribution in [0.5, 0.6) is 0 Å². The second kappa shape index (κ2) is 11.4. The summed E-state index contributed by atoms with van der Waals surface area (Å²) in [4.78, 5) is 22.0. The molecule has 6 heteroatoms. The van der Waals surface area contributed by atoms with Gasteiger partial charge in [-0.25, -0.2) is 4.39 Å². The third-order valence-electron chi connectivity index (χ3n) is 6.15. The normalized spacial score (nSPS) is 16.9. The van der Waals surface area contributed by atoms with Crippen molar-refractivity contribution >= 4 is 11.6 Å². The zero-order valence-corrected chi connectivity index (χ0v) is 19.9. The van der Waals surface area contributed by atoms with Crippen molar-refractivity contribution in [2.75, 3.05) is 65.8 Å². The smallest absolute Gasteiger partial charge is 0.256 e. The van der Waals surface area contributed by atoms with E-state index in [0.29, 0.717) is 19.0 Å². The summed E-state index contributed by atoms with van der Waals surface area (Å²) in [6.07, 6.45) is 2.16. The Hall–Kier alpha value is -2.44. The van der Waals surface area contributed by atoms with Gasteiger partial charge in [-0.2, -0.15) is 0 Å². The van der Waals surface area contributed by atoms with E-state index in [-0.39, 0.29) is 11.7 Å². The highest BCUT2D eigenvalue weighted by atomic mass is 19.1. The zero-order chi connectivity index (χ0) is 23.1. The molecule has 0 radical (unpaired) electrons. The Kier molecular flexibility index (Phi) is 8.65. The van der Waals surface area contributed by atoms with Crippen LogP contribution in [0.15, 0.2) is 48.5 Å². The molecular formula is C26H37FN4O. The van der Waals surface area contributed by atoms with Crippen LogP contribution in [0, 0.1) is 11.7 Å². The highest BCUT2D eigenvalue weighted by Gasteiger charge is 2.26. The molecule has 1 aliphatic rings. The molecule has 5 nitrogen and oxygen atoms in total. The minimum Gasteiger partial charge on any atom is -0.377 e. The maximum Gasteiger partial charge on any atom is 0.256 e. The number of anilines is 1. The maximum absolute atomic E-state index is 14.1. The molecule has 0 bridgehead atoms. The van der Waals surface area contributed by atoms with E-state index in [2.05, 4.69) is 9.80 Å².